The van der Waals surface area contributed by atoms with Gasteiger partial charge in [-0.25, -0.2) is 0 Å². The van der Waals surface area contributed by atoms with Crippen LogP contribution in [-0.4, -0.2) is 16.3 Å². The van der Waals surface area contributed by atoms with Gasteiger partial charge in [-0.3, -0.25) is 0 Å². The average Bonchev–Trinajstić information content (AvgIpc) is 3.09. The van der Waals surface area contributed by atoms with Gasteiger partial charge in [-0.15, -0.1) is 21.5 Å². The molecule has 3 rings (SSSR count). The predicted octanol–water partition coefficient (Wildman–Crippen LogP) is 3.82. The van der Waals surface area contributed by atoms with E-state index in [0.717, 1.165) is 18.8 Å². The highest BCUT2D eigenvalue weighted by Gasteiger charge is 2.20. The van der Waals surface area contributed by atoms with E-state index in [9.17, 15) is 0 Å². The van der Waals surface area contributed by atoms with Gasteiger partial charge in [0.2, 0.25) is 11.8 Å². The van der Waals surface area contributed by atoms with Gasteiger partial charge in [0.15, 0.2) is 0 Å². The summed E-state index contributed by atoms with van der Waals surface area (Å²) < 4.78 is 11.5. The van der Waals surface area contributed by atoms with E-state index in [1.54, 1.807) is 11.3 Å². The zero-order chi connectivity index (χ0) is 13.8. The molecule has 5 heteroatoms. The molecular weight excluding hydrogens is 272 g/mol. The van der Waals surface area contributed by atoms with E-state index in [4.69, 9.17) is 9.15 Å². The SMILES string of the molecule is CC1CCCC(OCc2nnc(Cc3cccs3)o2)C1. The standard InChI is InChI=1S/C15H20N2O2S/c1-11-4-2-5-12(8-11)18-10-15-17-16-14(19-15)9-13-6-3-7-20-13/h3,6-7,11-12H,2,4-5,8-10H2,1H3. The summed E-state index contributed by atoms with van der Waals surface area (Å²) in [6.07, 6.45) is 5.96. The van der Waals surface area contributed by atoms with Crippen LogP contribution in [-0.2, 0) is 17.8 Å². The number of aromatic nitrogens is 2. The molecule has 0 aliphatic heterocycles. The highest BCUT2D eigenvalue weighted by Crippen LogP contribution is 2.26. The van der Waals surface area contributed by atoms with E-state index in [-0.39, 0.29) is 0 Å². The molecule has 0 radical (unpaired) electrons. The Balaban J connectivity index is 1.49. The molecule has 0 amide bonds. The summed E-state index contributed by atoms with van der Waals surface area (Å²) in [5.74, 6) is 2.03. The fraction of sp³-hybridized carbons (Fsp3) is 0.600. The highest BCUT2D eigenvalue weighted by atomic mass is 32.1. The van der Waals surface area contributed by atoms with E-state index >= 15 is 0 Å². The van der Waals surface area contributed by atoms with Gasteiger partial charge in [0.1, 0.15) is 6.61 Å². The van der Waals surface area contributed by atoms with E-state index in [0.29, 0.717) is 30.9 Å². The second-order valence-electron chi connectivity index (χ2n) is 5.55. The summed E-state index contributed by atoms with van der Waals surface area (Å²) in [4.78, 5) is 1.24. The third-order valence-electron chi connectivity index (χ3n) is 3.75. The molecule has 1 aliphatic carbocycles. The van der Waals surface area contributed by atoms with Gasteiger partial charge in [-0.05, 0) is 30.2 Å². The fourth-order valence-electron chi connectivity index (χ4n) is 2.70. The van der Waals surface area contributed by atoms with Crippen molar-refractivity contribution in [3.8, 4) is 0 Å². The van der Waals surface area contributed by atoms with Crippen molar-refractivity contribution in [2.75, 3.05) is 0 Å². The molecule has 1 aliphatic rings. The van der Waals surface area contributed by atoms with E-state index in [1.165, 1.54) is 17.7 Å². The van der Waals surface area contributed by atoms with Crippen LogP contribution in [0.15, 0.2) is 21.9 Å². The molecule has 108 valence electrons. The summed E-state index contributed by atoms with van der Waals surface area (Å²) in [7, 11) is 0. The predicted molar refractivity (Wildman–Crippen MR) is 77.6 cm³/mol. The Hall–Kier alpha value is -1.20. The van der Waals surface area contributed by atoms with Crippen molar-refractivity contribution >= 4 is 11.3 Å². The molecule has 1 fully saturated rings. The molecule has 0 saturated heterocycles. The van der Waals surface area contributed by atoms with E-state index in [1.807, 2.05) is 6.07 Å². The molecule has 0 spiro atoms. The first kappa shape index (κ1) is 13.8. The van der Waals surface area contributed by atoms with Gasteiger partial charge in [-0.1, -0.05) is 25.8 Å². The van der Waals surface area contributed by atoms with Crippen LogP contribution in [0.2, 0.25) is 0 Å². The number of nitrogens with zero attached hydrogens (tertiary/aromatic N) is 2. The Morgan fingerprint density at radius 2 is 2.25 bits per heavy atom. The molecule has 2 aromatic rings. The van der Waals surface area contributed by atoms with Gasteiger partial charge >= 0.3 is 0 Å². The number of hydrogen-bond donors (Lipinski definition) is 0. The lowest BCUT2D eigenvalue weighted by Crippen LogP contribution is -2.21. The first-order valence-corrected chi connectivity index (χ1v) is 8.13. The number of rotatable bonds is 5. The third kappa shape index (κ3) is 3.67. The molecule has 2 aromatic heterocycles. The summed E-state index contributed by atoms with van der Waals surface area (Å²) >= 11 is 1.70. The molecule has 20 heavy (non-hydrogen) atoms. The molecule has 0 N–H and O–H groups in total. The van der Waals surface area contributed by atoms with Gasteiger partial charge in [-0.2, -0.15) is 0 Å². The van der Waals surface area contributed by atoms with Crippen LogP contribution >= 0.6 is 11.3 Å². The minimum atomic E-state index is 0.353. The summed E-state index contributed by atoms with van der Waals surface area (Å²) in [5.41, 5.74) is 0. The van der Waals surface area contributed by atoms with Crippen LogP contribution in [0.25, 0.3) is 0 Å². The molecule has 0 aromatic carbocycles. The zero-order valence-corrected chi connectivity index (χ0v) is 12.6. The van der Waals surface area contributed by atoms with E-state index in [2.05, 4.69) is 28.6 Å². The summed E-state index contributed by atoms with van der Waals surface area (Å²) in [6.45, 7) is 2.73. The van der Waals surface area contributed by atoms with Crippen molar-refractivity contribution < 1.29 is 9.15 Å². The van der Waals surface area contributed by atoms with Crippen molar-refractivity contribution in [3.05, 3.63) is 34.2 Å². The normalized spacial score (nSPS) is 23.1. The highest BCUT2D eigenvalue weighted by molar-refractivity contribution is 7.09. The fourth-order valence-corrected chi connectivity index (χ4v) is 3.40. The maximum Gasteiger partial charge on any atom is 0.242 e. The smallest absolute Gasteiger partial charge is 0.242 e. The molecule has 1 saturated carbocycles. The molecule has 4 nitrogen and oxygen atoms in total. The number of ether oxygens (including phenoxy) is 1. The van der Waals surface area contributed by atoms with Crippen molar-refractivity contribution in [2.24, 2.45) is 5.92 Å². The zero-order valence-electron chi connectivity index (χ0n) is 11.7. The van der Waals surface area contributed by atoms with Crippen molar-refractivity contribution in [1.29, 1.82) is 0 Å². The Morgan fingerprint density at radius 1 is 1.35 bits per heavy atom. The Labute approximate surface area is 123 Å². The van der Waals surface area contributed by atoms with Crippen molar-refractivity contribution in [3.63, 3.8) is 0 Å². The lowest BCUT2D eigenvalue weighted by molar-refractivity contribution is -0.00488. The van der Waals surface area contributed by atoms with Crippen LogP contribution in [0.5, 0.6) is 0 Å². The van der Waals surface area contributed by atoms with Crippen LogP contribution in [0.4, 0.5) is 0 Å². The topological polar surface area (TPSA) is 48.2 Å². The second-order valence-corrected chi connectivity index (χ2v) is 6.58. The monoisotopic (exact) mass is 292 g/mol. The Kier molecular flexibility index (Phi) is 4.47. The molecule has 2 heterocycles. The van der Waals surface area contributed by atoms with Crippen molar-refractivity contribution in [1.82, 2.24) is 10.2 Å². The van der Waals surface area contributed by atoms with Crippen LogP contribution < -0.4 is 0 Å². The first-order chi connectivity index (χ1) is 9.79. The summed E-state index contributed by atoms with van der Waals surface area (Å²) in [5, 5.41) is 10.2. The molecule has 2 unspecified atom stereocenters. The minimum absolute atomic E-state index is 0.353. The van der Waals surface area contributed by atoms with Crippen LogP contribution in [0.3, 0.4) is 0 Å². The van der Waals surface area contributed by atoms with Crippen molar-refractivity contribution in [2.45, 2.75) is 51.7 Å². The molecule has 0 bridgehead atoms. The number of thiophene rings is 1. The van der Waals surface area contributed by atoms with Gasteiger partial charge in [0.05, 0.1) is 12.5 Å². The maximum absolute atomic E-state index is 5.89. The third-order valence-corrected chi connectivity index (χ3v) is 4.62. The number of hydrogen-bond acceptors (Lipinski definition) is 5. The largest absolute Gasteiger partial charge is 0.422 e. The quantitative estimate of drug-likeness (QED) is 0.840. The van der Waals surface area contributed by atoms with E-state index < -0.39 is 0 Å². The van der Waals surface area contributed by atoms with Gasteiger partial charge < -0.3 is 9.15 Å². The average molecular weight is 292 g/mol. The lowest BCUT2D eigenvalue weighted by Gasteiger charge is -2.26. The maximum atomic E-state index is 5.89. The van der Waals surface area contributed by atoms with Gasteiger partial charge in [0.25, 0.3) is 0 Å². The first-order valence-electron chi connectivity index (χ1n) is 7.25. The summed E-state index contributed by atoms with van der Waals surface area (Å²) in [6, 6.07) is 4.11. The molecule has 2 atom stereocenters. The Bertz CT molecular complexity index is 524. The Morgan fingerprint density at radius 3 is 3.05 bits per heavy atom. The lowest BCUT2D eigenvalue weighted by atomic mass is 9.89. The van der Waals surface area contributed by atoms with Crippen LogP contribution in [0.1, 0.15) is 49.3 Å². The van der Waals surface area contributed by atoms with Gasteiger partial charge in [0, 0.05) is 4.88 Å². The van der Waals surface area contributed by atoms with Crippen LogP contribution in [0, 0.1) is 5.92 Å². The minimum Gasteiger partial charge on any atom is -0.422 e. The molecular formula is C15H20N2O2S. The second kappa shape index (κ2) is 6.50.